The summed E-state index contributed by atoms with van der Waals surface area (Å²) in [5.41, 5.74) is 1.79. The first-order valence-corrected chi connectivity index (χ1v) is 8.67. The lowest BCUT2D eigenvalue weighted by Gasteiger charge is -2.32. The van der Waals surface area contributed by atoms with Crippen LogP contribution in [0.2, 0.25) is 0 Å². The van der Waals surface area contributed by atoms with Crippen molar-refractivity contribution in [2.24, 2.45) is 0 Å². The number of nitrogens with zero attached hydrogens (tertiary/aromatic N) is 2. The Morgan fingerprint density at radius 1 is 1.33 bits per heavy atom. The van der Waals surface area contributed by atoms with Gasteiger partial charge in [0, 0.05) is 30.6 Å². The van der Waals surface area contributed by atoms with E-state index in [2.05, 4.69) is 22.1 Å². The predicted molar refractivity (Wildman–Crippen MR) is 93.7 cm³/mol. The second kappa shape index (κ2) is 7.26. The number of nitrogens with one attached hydrogen (secondary N) is 1. The van der Waals surface area contributed by atoms with Crippen molar-refractivity contribution in [1.82, 2.24) is 15.2 Å². The molecule has 5 heteroatoms. The highest BCUT2D eigenvalue weighted by atomic mass is 19.1. The third kappa shape index (κ3) is 3.73. The Labute approximate surface area is 142 Å². The Kier molecular flexibility index (Phi) is 5.09. The van der Waals surface area contributed by atoms with Crippen LogP contribution in [0.25, 0.3) is 10.9 Å². The number of carbonyl (C=O) groups is 1. The molecule has 1 N–H and O–H groups in total. The Balaban J connectivity index is 1.70. The van der Waals surface area contributed by atoms with Crippen LogP contribution in [0.5, 0.6) is 0 Å². The van der Waals surface area contributed by atoms with Crippen molar-refractivity contribution in [3.8, 4) is 0 Å². The second-order valence-electron chi connectivity index (χ2n) is 6.55. The molecule has 2 heterocycles. The summed E-state index contributed by atoms with van der Waals surface area (Å²) in [7, 11) is 0. The van der Waals surface area contributed by atoms with E-state index in [1.807, 2.05) is 0 Å². The van der Waals surface area contributed by atoms with E-state index in [0.29, 0.717) is 16.8 Å². The Bertz CT molecular complexity index is 739. The highest BCUT2D eigenvalue weighted by Crippen LogP contribution is 2.19. The molecule has 1 saturated heterocycles. The molecule has 4 nitrogen and oxygen atoms in total. The van der Waals surface area contributed by atoms with Gasteiger partial charge in [0.15, 0.2) is 0 Å². The zero-order valence-electron chi connectivity index (χ0n) is 14.3. The van der Waals surface area contributed by atoms with E-state index < -0.39 is 0 Å². The molecular formula is C19H24FN3O. The largest absolute Gasteiger partial charge is 0.349 e. The van der Waals surface area contributed by atoms with Crippen LogP contribution >= 0.6 is 0 Å². The van der Waals surface area contributed by atoms with Gasteiger partial charge in [-0.05, 0) is 50.9 Å². The van der Waals surface area contributed by atoms with Gasteiger partial charge in [-0.2, -0.15) is 0 Å². The molecule has 1 aliphatic rings. The summed E-state index contributed by atoms with van der Waals surface area (Å²) < 4.78 is 13.3. The molecule has 0 bridgehead atoms. The minimum Gasteiger partial charge on any atom is -0.349 e. The summed E-state index contributed by atoms with van der Waals surface area (Å²) in [5.74, 6) is -0.398. The summed E-state index contributed by atoms with van der Waals surface area (Å²) in [6.07, 6.45) is 3.13. The molecule has 0 aliphatic carbocycles. The van der Waals surface area contributed by atoms with Gasteiger partial charge < -0.3 is 10.2 Å². The standard InChI is InChI=1S/C19H24FN3O/c1-3-8-23-9-6-16(7-10-23)22-19(24)17-11-14-4-5-15(20)12-18(14)21-13(17)2/h4-5,11-12,16H,3,6-10H2,1-2H3,(H,22,24). The molecule has 0 atom stereocenters. The molecule has 0 radical (unpaired) electrons. The average Bonchev–Trinajstić information content (AvgIpc) is 2.56. The Morgan fingerprint density at radius 2 is 2.08 bits per heavy atom. The van der Waals surface area contributed by atoms with Crippen LogP contribution in [-0.2, 0) is 0 Å². The molecule has 3 rings (SSSR count). The Hall–Kier alpha value is -2.01. The first-order chi connectivity index (χ1) is 11.6. The van der Waals surface area contributed by atoms with Gasteiger partial charge >= 0.3 is 0 Å². The van der Waals surface area contributed by atoms with Crippen LogP contribution in [-0.4, -0.2) is 41.5 Å². The van der Waals surface area contributed by atoms with E-state index in [1.165, 1.54) is 18.6 Å². The number of hydrogen-bond donors (Lipinski definition) is 1. The van der Waals surface area contributed by atoms with Crippen LogP contribution in [0, 0.1) is 12.7 Å². The minimum absolute atomic E-state index is 0.0832. The molecule has 1 aromatic heterocycles. The molecule has 1 amide bonds. The van der Waals surface area contributed by atoms with E-state index in [-0.39, 0.29) is 17.8 Å². The number of aromatic nitrogens is 1. The molecule has 1 aliphatic heterocycles. The van der Waals surface area contributed by atoms with E-state index in [4.69, 9.17) is 0 Å². The van der Waals surface area contributed by atoms with Crippen molar-refractivity contribution in [3.63, 3.8) is 0 Å². The van der Waals surface area contributed by atoms with Gasteiger partial charge in [0.1, 0.15) is 5.82 Å². The van der Waals surface area contributed by atoms with Gasteiger partial charge in [0.05, 0.1) is 16.8 Å². The lowest BCUT2D eigenvalue weighted by atomic mass is 10.0. The second-order valence-corrected chi connectivity index (χ2v) is 6.55. The maximum atomic E-state index is 13.3. The number of likely N-dealkylation sites (tertiary alicyclic amines) is 1. The fourth-order valence-electron chi connectivity index (χ4n) is 3.35. The SMILES string of the molecule is CCCN1CCC(NC(=O)c2cc3ccc(F)cc3nc2C)CC1. The zero-order valence-corrected chi connectivity index (χ0v) is 14.3. The summed E-state index contributed by atoms with van der Waals surface area (Å²) in [5, 5.41) is 3.92. The number of piperidine rings is 1. The van der Waals surface area contributed by atoms with Crippen LogP contribution in [0.4, 0.5) is 4.39 Å². The lowest BCUT2D eigenvalue weighted by molar-refractivity contribution is 0.0910. The van der Waals surface area contributed by atoms with Gasteiger partial charge in [-0.15, -0.1) is 0 Å². The summed E-state index contributed by atoms with van der Waals surface area (Å²) >= 11 is 0. The summed E-state index contributed by atoms with van der Waals surface area (Å²) in [6, 6.07) is 6.47. The maximum Gasteiger partial charge on any atom is 0.253 e. The number of halogens is 1. The molecule has 0 saturated carbocycles. The van der Waals surface area contributed by atoms with Gasteiger partial charge in [-0.3, -0.25) is 9.78 Å². The van der Waals surface area contributed by atoms with Gasteiger partial charge in [0.2, 0.25) is 0 Å². The fourth-order valence-corrected chi connectivity index (χ4v) is 3.35. The van der Waals surface area contributed by atoms with E-state index >= 15 is 0 Å². The molecular weight excluding hydrogens is 305 g/mol. The van der Waals surface area contributed by atoms with Crippen molar-refractivity contribution in [2.75, 3.05) is 19.6 Å². The topological polar surface area (TPSA) is 45.2 Å². The number of benzene rings is 1. The third-order valence-electron chi connectivity index (χ3n) is 4.68. The number of hydrogen-bond acceptors (Lipinski definition) is 3. The number of carbonyl (C=O) groups excluding carboxylic acids is 1. The van der Waals surface area contributed by atoms with Crippen LogP contribution in [0.1, 0.15) is 42.2 Å². The van der Waals surface area contributed by atoms with Crippen molar-refractivity contribution < 1.29 is 9.18 Å². The van der Waals surface area contributed by atoms with E-state index in [1.54, 1.807) is 19.1 Å². The number of pyridine rings is 1. The predicted octanol–water partition coefficient (Wildman–Crippen LogP) is 3.29. The average molecular weight is 329 g/mol. The van der Waals surface area contributed by atoms with Crippen molar-refractivity contribution >= 4 is 16.8 Å². The number of aryl methyl sites for hydroxylation is 1. The number of amides is 1. The van der Waals surface area contributed by atoms with Crippen molar-refractivity contribution in [3.05, 3.63) is 41.3 Å². The lowest BCUT2D eigenvalue weighted by Crippen LogP contribution is -2.44. The summed E-state index contributed by atoms with van der Waals surface area (Å²) in [4.78, 5) is 19.4. The quantitative estimate of drug-likeness (QED) is 0.936. The fraction of sp³-hybridized carbons (Fsp3) is 0.474. The minimum atomic E-state index is -0.314. The van der Waals surface area contributed by atoms with E-state index in [9.17, 15) is 9.18 Å². The van der Waals surface area contributed by atoms with E-state index in [0.717, 1.165) is 37.9 Å². The van der Waals surface area contributed by atoms with Crippen LogP contribution in [0.3, 0.4) is 0 Å². The van der Waals surface area contributed by atoms with Crippen molar-refractivity contribution in [2.45, 2.75) is 39.2 Å². The van der Waals surface area contributed by atoms with Gasteiger partial charge in [-0.25, -0.2) is 4.39 Å². The molecule has 2 aromatic rings. The molecule has 128 valence electrons. The summed E-state index contributed by atoms with van der Waals surface area (Å²) in [6.45, 7) is 7.18. The number of rotatable bonds is 4. The van der Waals surface area contributed by atoms with Crippen molar-refractivity contribution in [1.29, 1.82) is 0 Å². The van der Waals surface area contributed by atoms with Gasteiger partial charge in [-0.1, -0.05) is 6.92 Å². The molecule has 1 aromatic carbocycles. The molecule has 24 heavy (non-hydrogen) atoms. The highest BCUT2D eigenvalue weighted by Gasteiger charge is 2.21. The van der Waals surface area contributed by atoms with Gasteiger partial charge in [0.25, 0.3) is 5.91 Å². The first kappa shape index (κ1) is 16.8. The highest BCUT2D eigenvalue weighted by molar-refractivity contribution is 5.98. The monoisotopic (exact) mass is 329 g/mol. The molecule has 0 unspecified atom stereocenters. The van der Waals surface area contributed by atoms with Crippen LogP contribution < -0.4 is 5.32 Å². The normalized spacial score (nSPS) is 16.5. The Morgan fingerprint density at radius 3 is 2.79 bits per heavy atom. The molecule has 0 spiro atoms. The maximum absolute atomic E-state index is 13.3. The van der Waals surface area contributed by atoms with Crippen LogP contribution in [0.15, 0.2) is 24.3 Å². The first-order valence-electron chi connectivity index (χ1n) is 8.67. The smallest absolute Gasteiger partial charge is 0.253 e. The number of fused-ring (bicyclic) bond motifs is 1. The zero-order chi connectivity index (χ0) is 17.1. The molecule has 1 fully saturated rings. The third-order valence-corrected chi connectivity index (χ3v) is 4.68.